The topological polar surface area (TPSA) is 61.0 Å². The molecule has 6 aromatic carbocycles. The van der Waals surface area contributed by atoms with Gasteiger partial charge in [-0.3, -0.25) is 9.55 Å². The van der Waals surface area contributed by atoms with Gasteiger partial charge in [-0.25, -0.2) is 9.97 Å². The van der Waals surface area contributed by atoms with Crippen LogP contribution in [0.1, 0.15) is 91.1 Å². The molecular weight excluding hydrogens is 869 g/mol. The van der Waals surface area contributed by atoms with Crippen LogP contribution in [0.4, 0.5) is 11.4 Å². The van der Waals surface area contributed by atoms with Crippen LogP contribution in [-0.4, -0.2) is 24.1 Å². The molecule has 0 atom stereocenters. The molecule has 1 aliphatic heterocycles. The van der Waals surface area contributed by atoms with Crippen molar-refractivity contribution in [2.45, 2.75) is 85.0 Å². The Balaban J connectivity index is 1.08. The Morgan fingerprint density at radius 1 is 0.507 bits per heavy atom. The van der Waals surface area contributed by atoms with Crippen LogP contribution in [0.15, 0.2) is 176 Å². The highest BCUT2D eigenvalue weighted by Crippen LogP contribution is 2.46. The fraction of sp³-hybridized carbons (Fsp3) is 0.203. The van der Waals surface area contributed by atoms with Crippen LogP contribution in [0, 0.1) is 0 Å². The van der Waals surface area contributed by atoms with Gasteiger partial charge in [0, 0.05) is 75.9 Å². The van der Waals surface area contributed by atoms with E-state index in [-0.39, 0.29) is 17.6 Å². The highest BCUT2D eigenvalue weighted by molar-refractivity contribution is 6.22. The lowest BCUT2D eigenvalue weighted by atomic mass is 9.78. The van der Waals surface area contributed by atoms with Crippen molar-refractivity contribution >= 4 is 76.5 Å². The molecule has 6 heterocycles. The van der Waals surface area contributed by atoms with Crippen LogP contribution in [0.2, 0.25) is 0 Å². The average Bonchev–Trinajstić information content (AvgIpc) is 3.97. The zero-order valence-corrected chi connectivity index (χ0v) is 40.5. The molecule has 0 N–H and O–H groups in total. The van der Waals surface area contributed by atoms with E-state index in [1.54, 1.807) is 12.4 Å². The summed E-state index contributed by atoms with van der Waals surface area (Å²) >= 11 is 0. The van der Waals surface area contributed by atoms with Crippen LogP contribution in [0.3, 0.4) is 0 Å². The Kier molecular flexibility index (Phi) is 8.05. The molecule has 5 aromatic heterocycles. The van der Waals surface area contributed by atoms with Crippen molar-refractivity contribution in [3.63, 3.8) is 0 Å². The number of hydrogen-bond acceptors (Lipinski definition) is 5. The Morgan fingerprint density at radius 3 is 1.85 bits per heavy atom. The zero-order chi connectivity index (χ0) is 56.5. The molecule has 71 heavy (non-hydrogen) atoms. The maximum atomic E-state index is 8.79. The van der Waals surface area contributed by atoms with Crippen molar-refractivity contribution in [2.24, 2.45) is 0 Å². The fourth-order valence-electron chi connectivity index (χ4n) is 10.5. The number of hydrogen-bond donors (Lipinski definition) is 0. The van der Waals surface area contributed by atoms with Gasteiger partial charge < -0.3 is 14.2 Å². The maximum Gasteiger partial charge on any atom is 0.221 e. The van der Waals surface area contributed by atoms with Crippen molar-refractivity contribution in [2.75, 3.05) is 4.90 Å². The van der Waals surface area contributed by atoms with Crippen LogP contribution in [-0.2, 0) is 22.9 Å². The van der Waals surface area contributed by atoms with Gasteiger partial charge in [0.2, 0.25) is 5.88 Å². The largest absolute Gasteiger partial charge is 0.439 e. The lowest BCUT2D eigenvalue weighted by Crippen LogP contribution is -2.17. The molecular formula is C64H58N6O. The van der Waals surface area contributed by atoms with Gasteiger partial charge in [-0.2, -0.15) is 0 Å². The Labute approximate surface area is 428 Å². The molecule has 0 saturated carbocycles. The quantitative estimate of drug-likeness (QED) is 0.172. The first-order valence-electron chi connectivity index (χ1n) is 28.5. The van der Waals surface area contributed by atoms with E-state index >= 15 is 0 Å². The summed E-state index contributed by atoms with van der Waals surface area (Å²) in [6.07, 6.45) is 7.25. The van der Waals surface area contributed by atoms with Gasteiger partial charge in [0.05, 0.1) is 34.0 Å². The monoisotopic (exact) mass is 936 g/mol. The number of pyridine rings is 3. The van der Waals surface area contributed by atoms with Crippen molar-refractivity contribution in [1.82, 2.24) is 24.1 Å². The predicted molar refractivity (Wildman–Crippen MR) is 296 cm³/mol. The van der Waals surface area contributed by atoms with Crippen LogP contribution < -0.4 is 9.64 Å². The third-order valence-electron chi connectivity index (χ3n) is 14.1. The first-order chi connectivity index (χ1) is 37.8. The average molecular weight is 936 g/mol. The SMILES string of the molecule is [2H]C([2H])([2H])C(c1cc(-c2cccc3c4ccccc4c4ccccc4c4cccc5c4n(c23)CN5c2ccnc(Oc3ccc4c5ccncc5n(-c5cc(C(C)(C)C)ccn5)c4c3)c2)cc(C(C)(C)C)c1)(C([2H])([2H])[2H])C([2H])([2H])[2H]. The standard InChI is InChI=1S/C64H58N6O/c1-62(2,3)41-26-30-66-58(35-41)70-56-37-45(24-25-51(56)52-28-29-65-38-57(52)70)71-59-36-44(27-31-67-59)68-39-69-60-46(40-32-42(63(4,5)6)34-43(33-40)64(7,8)9)20-14-21-53(60)49-18-12-10-16-47(49)48-17-11-13-19-50(48)54-22-15-23-55(68)61(54)69/h10-38H,39H2,1-9H3/i4D3,5D3,6D3. The summed E-state index contributed by atoms with van der Waals surface area (Å²) in [5.74, 6) is 1.71. The van der Waals surface area contributed by atoms with Crippen LogP contribution >= 0.6 is 0 Å². The van der Waals surface area contributed by atoms with Crippen LogP contribution in [0.5, 0.6) is 11.6 Å². The van der Waals surface area contributed by atoms with E-state index < -0.39 is 31.4 Å². The summed E-state index contributed by atoms with van der Waals surface area (Å²) in [7, 11) is 0. The molecule has 0 aliphatic carbocycles. The lowest BCUT2D eigenvalue weighted by molar-refractivity contribution is 0.463. The number of nitrogens with zero attached hydrogens (tertiary/aromatic N) is 6. The lowest BCUT2D eigenvalue weighted by Gasteiger charge is -2.27. The van der Waals surface area contributed by atoms with Gasteiger partial charge in [-0.05, 0) is 103 Å². The number of para-hydroxylation sites is 2. The Hall–Kier alpha value is -8.03. The van der Waals surface area contributed by atoms with Crippen molar-refractivity contribution < 1.29 is 17.1 Å². The molecule has 0 saturated heterocycles. The number of fused-ring (bicyclic) bond motifs is 10. The summed E-state index contributed by atoms with van der Waals surface area (Å²) in [6.45, 7) is 2.25. The smallest absolute Gasteiger partial charge is 0.221 e. The minimum atomic E-state index is -3.47. The van der Waals surface area contributed by atoms with Gasteiger partial charge in [0.25, 0.3) is 0 Å². The summed E-state index contributed by atoms with van der Waals surface area (Å²) in [5, 5.41) is 7.83. The molecule has 7 heteroatoms. The molecule has 0 bridgehead atoms. The number of benzene rings is 6. The molecule has 350 valence electrons. The fourth-order valence-corrected chi connectivity index (χ4v) is 10.5. The third kappa shape index (κ3) is 7.54. The normalized spacial score (nSPS) is 15.5. The van der Waals surface area contributed by atoms with E-state index in [1.807, 2.05) is 106 Å². The first kappa shape index (κ1) is 35.1. The van der Waals surface area contributed by atoms with Gasteiger partial charge in [0.15, 0.2) is 0 Å². The maximum absolute atomic E-state index is 8.79. The van der Waals surface area contributed by atoms with Crippen molar-refractivity contribution in [3.8, 4) is 28.6 Å². The molecule has 0 spiro atoms. The second kappa shape index (κ2) is 16.3. The van der Waals surface area contributed by atoms with Gasteiger partial charge in [0.1, 0.15) is 18.2 Å². The molecule has 7 nitrogen and oxygen atoms in total. The zero-order valence-electron chi connectivity index (χ0n) is 49.5. The minimum Gasteiger partial charge on any atom is -0.439 e. The van der Waals surface area contributed by atoms with Crippen LogP contribution in [0.25, 0.3) is 82.1 Å². The van der Waals surface area contributed by atoms with Crippen molar-refractivity contribution in [1.29, 1.82) is 0 Å². The Morgan fingerprint density at radius 2 is 1.14 bits per heavy atom. The summed E-state index contributed by atoms with van der Waals surface area (Å²) in [5.41, 5.74) is 3.70. The highest BCUT2D eigenvalue weighted by Gasteiger charge is 2.28. The first-order valence-corrected chi connectivity index (χ1v) is 24.0. The number of rotatable bonds is 5. The number of anilines is 2. The van der Waals surface area contributed by atoms with Gasteiger partial charge in [-0.15, -0.1) is 0 Å². The third-order valence-corrected chi connectivity index (χ3v) is 14.1. The van der Waals surface area contributed by atoms with Gasteiger partial charge >= 0.3 is 0 Å². The molecule has 11 aromatic rings. The molecule has 0 amide bonds. The van der Waals surface area contributed by atoms with Crippen molar-refractivity contribution in [3.05, 3.63) is 193 Å². The number of ether oxygens (including phenoxy) is 1. The minimum absolute atomic E-state index is 0.101. The summed E-state index contributed by atoms with van der Waals surface area (Å²) < 4.78 is 90.2. The molecule has 0 radical (unpaired) electrons. The molecule has 0 fully saturated rings. The molecule has 0 unspecified atom stereocenters. The molecule has 1 aliphatic rings. The number of aromatic nitrogens is 5. The molecule has 12 rings (SSSR count). The predicted octanol–water partition coefficient (Wildman–Crippen LogP) is 17.0. The van der Waals surface area contributed by atoms with E-state index in [0.29, 0.717) is 28.3 Å². The highest BCUT2D eigenvalue weighted by atomic mass is 16.5. The van der Waals surface area contributed by atoms with E-state index in [4.69, 9.17) is 27.0 Å². The van der Waals surface area contributed by atoms with E-state index in [1.165, 1.54) is 12.1 Å². The second-order valence-electron chi connectivity index (χ2n) is 20.8. The van der Waals surface area contributed by atoms with Gasteiger partial charge in [-0.1, -0.05) is 159 Å². The Bertz CT molecular complexity index is 4350. The van der Waals surface area contributed by atoms with E-state index in [2.05, 4.69) is 107 Å². The van der Waals surface area contributed by atoms with E-state index in [0.717, 1.165) is 87.9 Å². The summed E-state index contributed by atoms with van der Waals surface area (Å²) in [6, 6.07) is 49.9. The summed E-state index contributed by atoms with van der Waals surface area (Å²) in [4.78, 5) is 16.3. The van der Waals surface area contributed by atoms with E-state index in [9.17, 15) is 0 Å². The second-order valence-corrected chi connectivity index (χ2v) is 20.8.